The third-order valence-corrected chi connectivity index (χ3v) is 3.36. The number of aryl methyl sites for hydroxylation is 1. The molecule has 2 nitrogen and oxygen atoms in total. The second-order valence-corrected chi connectivity index (χ2v) is 5.42. The van der Waals surface area contributed by atoms with E-state index in [1.165, 1.54) is 0 Å². The molecule has 2 heteroatoms. The van der Waals surface area contributed by atoms with Crippen LogP contribution in [0.15, 0.2) is 12.1 Å². The summed E-state index contributed by atoms with van der Waals surface area (Å²) in [5, 5.41) is 19.2. The predicted molar refractivity (Wildman–Crippen MR) is 71.6 cm³/mol. The van der Waals surface area contributed by atoms with Gasteiger partial charge in [0.2, 0.25) is 0 Å². The summed E-state index contributed by atoms with van der Waals surface area (Å²) in [7, 11) is 0. The lowest BCUT2D eigenvalue weighted by atomic mass is 9.78. The van der Waals surface area contributed by atoms with E-state index < -0.39 is 0 Å². The number of benzene rings is 1. The van der Waals surface area contributed by atoms with E-state index in [9.17, 15) is 5.11 Å². The smallest absolute Gasteiger partial charge is 0.122 e. The first-order valence-corrected chi connectivity index (χ1v) is 6.36. The number of rotatable bonds is 5. The Morgan fingerprint density at radius 3 is 2.41 bits per heavy atom. The van der Waals surface area contributed by atoms with Crippen LogP contribution in [0.4, 0.5) is 0 Å². The van der Waals surface area contributed by atoms with Gasteiger partial charge in [0.25, 0.3) is 0 Å². The van der Waals surface area contributed by atoms with Crippen LogP contribution in [0.5, 0.6) is 5.75 Å². The molecular formula is C15H24O2. The molecule has 0 saturated carbocycles. The van der Waals surface area contributed by atoms with Crippen LogP contribution < -0.4 is 0 Å². The Labute approximate surface area is 104 Å². The Morgan fingerprint density at radius 1 is 1.24 bits per heavy atom. The Hall–Kier alpha value is -1.02. The van der Waals surface area contributed by atoms with Crippen molar-refractivity contribution in [2.24, 2.45) is 0 Å². The topological polar surface area (TPSA) is 40.5 Å². The fourth-order valence-corrected chi connectivity index (χ4v) is 2.40. The number of aliphatic hydroxyl groups excluding tert-OH is 1. The molecule has 0 amide bonds. The molecule has 0 spiro atoms. The quantitative estimate of drug-likeness (QED) is 0.823. The van der Waals surface area contributed by atoms with E-state index in [-0.39, 0.29) is 12.0 Å². The number of phenolic OH excluding ortho intramolecular Hbond substituents is 1. The van der Waals surface area contributed by atoms with Gasteiger partial charge in [-0.25, -0.2) is 0 Å². The normalized spacial score (nSPS) is 11.8. The first-order valence-electron chi connectivity index (χ1n) is 6.36. The molecule has 0 bridgehead atoms. The van der Waals surface area contributed by atoms with Crippen molar-refractivity contribution in [2.75, 3.05) is 6.61 Å². The number of phenols is 1. The molecule has 0 fully saturated rings. The summed E-state index contributed by atoms with van der Waals surface area (Å²) in [6, 6.07) is 3.99. The molecule has 0 heterocycles. The van der Waals surface area contributed by atoms with Crippen molar-refractivity contribution in [1.82, 2.24) is 0 Å². The maximum Gasteiger partial charge on any atom is 0.122 e. The fourth-order valence-electron chi connectivity index (χ4n) is 2.40. The summed E-state index contributed by atoms with van der Waals surface area (Å²) in [5.41, 5.74) is 2.98. The molecule has 0 aliphatic rings. The van der Waals surface area contributed by atoms with Gasteiger partial charge in [0.05, 0.1) is 0 Å². The molecule has 1 aromatic carbocycles. The largest absolute Gasteiger partial charge is 0.507 e. The highest BCUT2D eigenvalue weighted by Gasteiger charge is 2.24. The molecule has 0 unspecified atom stereocenters. The lowest BCUT2D eigenvalue weighted by Crippen LogP contribution is -2.17. The third-order valence-electron chi connectivity index (χ3n) is 3.36. The van der Waals surface area contributed by atoms with E-state index in [4.69, 9.17) is 5.11 Å². The molecule has 0 aliphatic heterocycles. The van der Waals surface area contributed by atoms with Crippen molar-refractivity contribution < 1.29 is 10.2 Å². The standard InChI is InChI=1S/C15H24O2/c1-5-7-15(3,4)13-10-12(6-8-16)9-11(2)14(13)17/h9-10,16-17H,5-8H2,1-4H3. The highest BCUT2D eigenvalue weighted by Crippen LogP contribution is 2.37. The summed E-state index contributed by atoms with van der Waals surface area (Å²) in [6.07, 6.45) is 2.79. The van der Waals surface area contributed by atoms with Gasteiger partial charge < -0.3 is 10.2 Å². The predicted octanol–water partition coefficient (Wildman–Crippen LogP) is 3.31. The van der Waals surface area contributed by atoms with Crippen LogP contribution >= 0.6 is 0 Å². The van der Waals surface area contributed by atoms with Gasteiger partial charge in [0.15, 0.2) is 0 Å². The van der Waals surface area contributed by atoms with Crippen LogP contribution in [0.1, 0.15) is 50.3 Å². The van der Waals surface area contributed by atoms with Crippen LogP contribution in [-0.4, -0.2) is 16.8 Å². The fraction of sp³-hybridized carbons (Fsp3) is 0.600. The van der Waals surface area contributed by atoms with Crippen LogP contribution in [0.3, 0.4) is 0 Å². The highest BCUT2D eigenvalue weighted by atomic mass is 16.3. The first kappa shape index (κ1) is 14.0. The number of aliphatic hydroxyl groups is 1. The zero-order chi connectivity index (χ0) is 13.1. The molecule has 0 saturated heterocycles. The van der Waals surface area contributed by atoms with E-state index in [2.05, 4.69) is 20.8 Å². The molecule has 0 aliphatic carbocycles. The maximum absolute atomic E-state index is 10.2. The SMILES string of the molecule is CCCC(C)(C)c1cc(CCO)cc(C)c1O. The van der Waals surface area contributed by atoms with Gasteiger partial charge in [-0.1, -0.05) is 39.3 Å². The molecule has 96 valence electrons. The van der Waals surface area contributed by atoms with Gasteiger partial charge in [-0.15, -0.1) is 0 Å². The van der Waals surface area contributed by atoms with Crippen molar-refractivity contribution in [3.8, 4) is 5.75 Å². The summed E-state index contributed by atoms with van der Waals surface area (Å²) in [6.45, 7) is 8.55. The van der Waals surface area contributed by atoms with Crippen LogP contribution in [0.2, 0.25) is 0 Å². The Kier molecular flexibility index (Phi) is 4.58. The highest BCUT2D eigenvalue weighted by molar-refractivity contribution is 5.46. The molecule has 2 N–H and O–H groups in total. The summed E-state index contributed by atoms with van der Waals surface area (Å²) < 4.78 is 0. The minimum Gasteiger partial charge on any atom is -0.507 e. The molecule has 0 aromatic heterocycles. The number of hydrogen-bond donors (Lipinski definition) is 2. The van der Waals surface area contributed by atoms with Gasteiger partial charge >= 0.3 is 0 Å². The Bertz CT molecular complexity index is 381. The van der Waals surface area contributed by atoms with E-state index in [0.29, 0.717) is 12.2 Å². The average molecular weight is 236 g/mol. The maximum atomic E-state index is 10.2. The first-order chi connectivity index (χ1) is 7.92. The molecule has 0 radical (unpaired) electrons. The van der Waals surface area contributed by atoms with Crippen molar-refractivity contribution in [1.29, 1.82) is 0 Å². The Morgan fingerprint density at radius 2 is 1.88 bits per heavy atom. The third kappa shape index (κ3) is 3.22. The lowest BCUT2D eigenvalue weighted by Gasteiger charge is -2.27. The van der Waals surface area contributed by atoms with E-state index in [1.54, 1.807) is 0 Å². The van der Waals surface area contributed by atoms with E-state index in [1.807, 2.05) is 19.1 Å². The van der Waals surface area contributed by atoms with Crippen molar-refractivity contribution in [3.05, 3.63) is 28.8 Å². The number of aromatic hydroxyl groups is 1. The monoisotopic (exact) mass is 236 g/mol. The van der Waals surface area contributed by atoms with Crippen molar-refractivity contribution in [2.45, 2.75) is 52.4 Å². The van der Waals surface area contributed by atoms with Gasteiger partial charge in [-0.2, -0.15) is 0 Å². The second kappa shape index (κ2) is 5.54. The summed E-state index contributed by atoms with van der Waals surface area (Å²) in [5.74, 6) is 0.408. The number of hydrogen-bond acceptors (Lipinski definition) is 2. The average Bonchev–Trinajstić information content (AvgIpc) is 2.23. The summed E-state index contributed by atoms with van der Waals surface area (Å²) in [4.78, 5) is 0. The van der Waals surface area contributed by atoms with Gasteiger partial charge in [0, 0.05) is 12.2 Å². The Balaban J connectivity index is 3.21. The molecular weight excluding hydrogens is 212 g/mol. The van der Waals surface area contributed by atoms with Crippen molar-refractivity contribution >= 4 is 0 Å². The van der Waals surface area contributed by atoms with Crippen LogP contribution in [-0.2, 0) is 11.8 Å². The van der Waals surface area contributed by atoms with Gasteiger partial charge in [-0.05, 0) is 36.3 Å². The van der Waals surface area contributed by atoms with Gasteiger partial charge in [-0.3, -0.25) is 0 Å². The van der Waals surface area contributed by atoms with Crippen molar-refractivity contribution in [3.63, 3.8) is 0 Å². The van der Waals surface area contributed by atoms with E-state index in [0.717, 1.165) is 29.5 Å². The summed E-state index contributed by atoms with van der Waals surface area (Å²) >= 11 is 0. The molecule has 0 atom stereocenters. The minimum atomic E-state index is -0.0188. The minimum absolute atomic E-state index is 0.0188. The zero-order valence-electron chi connectivity index (χ0n) is 11.4. The van der Waals surface area contributed by atoms with E-state index >= 15 is 0 Å². The zero-order valence-corrected chi connectivity index (χ0v) is 11.4. The van der Waals surface area contributed by atoms with Crippen LogP contribution in [0.25, 0.3) is 0 Å². The molecule has 17 heavy (non-hydrogen) atoms. The molecule has 1 aromatic rings. The lowest BCUT2D eigenvalue weighted by molar-refractivity contribution is 0.299. The second-order valence-electron chi connectivity index (χ2n) is 5.42. The van der Waals surface area contributed by atoms with Crippen LogP contribution in [0, 0.1) is 6.92 Å². The van der Waals surface area contributed by atoms with Gasteiger partial charge in [0.1, 0.15) is 5.75 Å². The molecule has 1 rings (SSSR count).